The summed E-state index contributed by atoms with van der Waals surface area (Å²) in [5, 5.41) is 3.68. The highest BCUT2D eigenvalue weighted by molar-refractivity contribution is 7.73. The number of rotatable bonds is 6. The molecule has 0 N–H and O–H groups in total. The summed E-state index contributed by atoms with van der Waals surface area (Å²) in [6.45, 7) is 9.74. The van der Waals surface area contributed by atoms with Gasteiger partial charge in [-0.05, 0) is 84.6 Å². The van der Waals surface area contributed by atoms with Gasteiger partial charge in [-0.25, -0.2) is 0 Å². The molecule has 5 atom stereocenters. The van der Waals surface area contributed by atoms with Gasteiger partial charge in [0.15, 0.2) is 0 Å². The van der Waals surface area contributed by atoms with E-state index in [4.69, 9.17) is 0 Å². The van der Waals surface area contributed by atoms with E-state index in [1.807, 2.05) is 10.6 Å². The van der Waals surface area contributed by atoms with Gasteiger partial charge in [-0.15, -0.1) is 0 Å². The fourth-order valence-electron chi connectivity index (χ4n) is 5.21. The summed E-state index contributed by atoms with van der Waals surface area (Å²) >= 11 is 0. The Balaban J connectivity index is 2.01. The molecule has 2 saturated heterocycles. The molecular formula is C22H36P2. The molecule has 134 valence electrons. The van der Waals surface area contributed by atoms with Gasteiger partial charge in [0.25, 0.3) is 0 Å². The zero-order valence-electron chi connectivity index (χ0n) is 16.2. The lowest BCUT2D eigenvalue weighted by Gasteiger charge is -2.32. The van der Waals surface area contributed by atoms with E-state index in [0.717, 1.165) is 22.6 Å². The molecule has 2 heterocycles. The molecule has 1 aromatic carbocycles. The van der Waals surface area contributed by atoms with Crippen LogP contribution < -0.4 is 10.6 Å². The monoisotopic (exact) mass is 362 g/mol. The molecule has 0 radical (unpaired) electrons. The van der Waals surface area contributed by atoms with E-state index in [9.17, 15) is 0 Å². The Morgan fingerprint density at radius 1 is 0.625 bits per heavy atom. The predicted molar refractivity (Wildman–Crippen MR) is 114 cm³/mol. The molecule has 1 aromatic rings. The fraction of sp³-hybridized carbons (Fsp3) is 0.727. The highest BCUT2D eigenvalue weighted by atomic mass is 31.1. The van der Waals surface area contributed by atoms with Gasteiger partial charge in [0, 0.05) is 0 Å². The van der Waals surface area contributed by atoms with Crippen molar-refractivity contribution >= 4 is 26.5 Å². The normalized spacial score (nSPS) is 34.1. The van der Waals surface area contributed by atoms with Crippen LogP contribution in [0.5, 0.6) is 0 Å². The third kappa shape index (κ3) is 3.48. The van der Waals surface area contributed by atoms with Gasteiger partial charge < -0.3 is 0 Å². The average molecular weight is 362 g/mol. The standard InChI is InChI=1S/C22H36P2/c1-5-17-13-14-18(6-2)23(17)21-11-9-10-12-22(21)24-19(7-3)15-16-20(24)8-4/h9-12,17-20H,5-8,13-16H2,1-4H3/t17-,18-,19-,20?,24?/m1/s1. The fourth-order valence-corrected chi connectivity index (χ4v) is 13.1. The third-order valence-corrected chi connectivity index (χ3v) is 14.3. The summed E-state index contributed by atoms with van der Waals surface area (Å²) in [5.74, 6) is 0. The van der Waals surface area contributed by atoms with Gasteiger partial charge in [-0.2, -0.15) is 0 Å². The van der Waals surface area contributed by atoms with Crippen LogP contribution in [-0.2, 0) is 0 Å². The van der Waals surface area contributed by atoms with Crippen molar-refractivity contribution in [1.82, 2.24) is 0 Å². The minimum atomic E-state index is 0.0639. The topological polar surface area (TPSA) is 0 Å². The summed E-state index contributed by atoms with van der Waals surface area (Å²) in [7, 11) is 0.128. The maximum absolute atomic E-state index is 2.55. The summed E-state index contributed by atoms with van der Waals surface area (Å²) < 4.78 is 0. The largest absolute Gasteiger partial charge is 0.0683 e. The quantitative estimate of drug-likeness (QED) is 0.500. The lowest BCUT2D eigenvalue weighted by molar-refractivity contribution is 0.696. The van der Waals surface area contributed by atoms with Crippen molar-refractivity contribution in [2.75, 3.05) is 0 Å². The molecule has 3 rings (SSSR count). The Hall–Kier alpha value is 0.0800. The SMILES string of the molecule is CCC1CC[C@@H](CC)P1c1ccccc1P1[C@H](CC)CC[C@H]1CC. The molecular weight excluding hydrogens is 326 g/mol. The highest BCUT2D eigenvalue weighted by Crippen LogP contribution is 2.61. The van der Waals surface area contributed by atoms with Crippen molar-refractivity contribution in [1.29, 1.82) is 0 Å². The van der Waals surface area contributed by atoms with Gasteiger partial charge in [-0.1, -0.05) is 67.8 Å². The van der Waals surface area contributed by atoms with E-state index in [-0.39, 0.29) is 15.8 Å². The first-order chi connectivity index (χ1) is 11.7. The van der Waals surface area contributed by atoms with Crippen LogP contribution in [0.3, 0.4) is 0 Å². The Morgan fingerprint density at radius 3 is 1.17 bits per heavy atom. The minimum absolute atomic E-state index is 0.0639. The smallest absolute Gasteiger partial charge is 0.0158 e. The van der Waals surface area contributed by atoms with Crippen LogP contribution in [0, 0.1) is 0 Å². The molecule has 0 saturated carbocycles. The van der Waals surface area contributed by atoms with Crippen molar-refractivity contribution in [3.63, 3.8) is 0 Å². The molecule has 0 aliphatic carbocycles. The molecule has 0 amide bonds. The van der Waals surface area contributed by atoms with Crippen molar-refractivity contribution < 1.29 is 0 Å². The lowest BCUT2D eigenvalue weighted by Crippen LogP contribution is -2.30. The second-order valence-electron chi connectivity index (χ2n) is 7.71. The first kappa shape index (κ1) is 18.9. The van der Waals surface area contributed by atoms with E-state index >= 15 is 0 Å². The molecule has 2 aliphatic heterocycles. The number of hydrogen-bond donors (Lipinski definition) is 0. The van der Waals surface area contributed by atoms with E-state index in [1.54, 1.807) is 0 Å². The Bertz CT molecular complexity index is 455. The van der Waals surface area contributed by atoms with Crippen LogP contribution in [0.2, 0.25) is 0 Å². The van der Waals surface area contributed by atoms with Gasteiger partial charge >= 0.3 is 0 Å². The third-order valence-electron chi connectivity index (χ3n) is 6.56. The molecule has 0 spiro atoms. The van der Waals surface area contributed by atoms with Crippen LogP contribution >= 0.6 is 15.8 Å². The average Bonchev–Trinajstić information content (AvgIpc) is 3.24. The van der Waals surface area contributed by atoms with E-state index < -0.39 is 0 Å². The Morgan fingerprint density at radius 2 is 0.917 bits per heavy atom. The molecule has 2 unspecified atom stereocenters. The van der Waals surface area contributed by atoms with Crippen LogP contribution in [0.15, 0.2) is 24.3 Å². The maximum Gasteiger partial charge on any atom is -0.0158 e. The first-order valence-corrected chi connectivity index (χ1v) is 13.4. The second-order valence-corrected chi connectivity index (χ2v) is 13.2. The Labute approximate surface area is 152 Å². The van der Waals surface area contributed by atoms with Crippen molar-refractivity contribution in [3.05, 3.63) is 24.3 Å². The summed E-state index contributed by atoms with van der Waals surface area (Å²) in [6, 6.07) is 9.79. The van der Waals surface area contributed by atoms with Gasteiger partial charge in [0.1, 0.15) is 0 Å². The summed E-state index contributed by atoms with van der Waals surface area (Å²) in [4.78, 5) is 0. The molecule has 2 fully saturated rings. The molecule has 0 aromatic heterocycles. The molecule has 2 heteroatoms. The van der Waals surface area contributed by atoms with Crippen LogP contribution in [0.1, 0.15) is 79.1 Å². The zero-order chi connectivity index (χ0) is 17.1. The highest BCUT2D eigenvalue weighted by Gasteiger charge is 2.40. The molecule has 2 aliphatic rings. The predicted octanol–water partition coefficient (Wildman–Crippen LogP) is 6.60. The Kier molecular flexibility index (Phi) is 6.79. The van der Waals surface area contributed by atoms with E-state index in [1.165, 1.54) is 51.4 Å². The van der Waals surface area contributed by atoms with Crippen molar-refractivity contribution in [2.24, 2.45) is 0 Å². The van der Waals surface area contributed by atoms with Crippen LogP contribution in [-0.4, -0.2) is 22.6 Å². The zero-order valence-corrected chi connectivity index (χ0v) is 18.0. The number of hydrogen-bond acceptors (Lipinski definition) is 0. The van der Waals surface area contributed by atoms with Crippen molar-refractivity contribution in [2.45, 2.75) is 102 Å². The van der Waals surface area contributed by atoms with Gasteiger partial charge in [0.05, 0.1) is 0 Å². The molecule has 0 bridgehead atoms. The second kappa shape index (κ2) is 8.64. The van der Waals surface area contributed by atoms with Crippen LogP contribution in [0.25, 0.3) is 0 Å². The number of benzene rings is 1. The minimum Gasteiger partial charge on any atom is -0.0683 e. The van der Waals surface area contributed by atoms with Crippen LogP contribution in [0.4, 0.5) is 0 Å². The lowest BCUT2D eigenvalue weighted by atomic mass is 10.1. The van der Waals surface area contributed by atoms with Gasteiger partial charge in [-0.3, -0.25) is 0 Å². The first-order valence-electron chi connectivity index (χ1n) is 10.4. The maximum atomic E-state index is 2.55. The molecule has 0 nitrogen and oxygen atoms in total. The summed E-state index contributed by atoms with van der Waals surface area (Å²) in [6.07, 6.45) is 11.5. The van der Waals surface area contributed by atoms with Crippen molar-refractivity contribution in [3.8, 4) is 0 Å². The molecule has 24 heavy (non-hydrogen) atoms. The van der Waals surface area contributed by atoms with E-state index in [0.29, 0.717) is 0 Å². The summed E-state index contributed by atoms with van der Waals surface area (Å²) in [5.41, 5.74) is 3.96. The van der Waals surface area contributed by atoms with Gasteiger partial charge in [0.2, 0.25) is 0 Å². The van der Waals surface area contributed by atoms with E-state index in [2.05, 4.69) is 52.0 Å².